The van der Waals surface area contributed by atoms with Gasteiger partial charge < -0.3 is 15.5 Å². The number of aryl methyl sites for hydroxylation is 1. The second kappa shape index (κ2) is 7.51. The Morgan fingerprint density at radius 1 is 1.19 bits per heavy atom. The second-order valence-electron chi connectivity index (χ2n) is 6.75. The first-order chi connectivity index (χ1) is 12.7. The lowest BCUT2D eigenvalue weighted by Crippen LogP contribution is -2.34. The molecule has 1 atom stereocenters. The number of nitrogens with one attached hydrogen (secondary N) is 2. The molecule has 1 aromatic heterocycles. The smallest absolute Gasteiger partial charge is 0.227 e. The van der Waals surface area contributed by atoms with Gasteiger partial charge in [0.1, 0.15) is 5.82 Å². The van der Waals surface area contributed by atoms with Crippen LogP contribution in [0, 0.1) is 6.92 Å². The third-order valence-electron chi connectivity index (χ3n) is 4.39. The minimum atomic E-state index is -2.97. The van der Waals surface area contributed by atoms with Crippen molar-refractivity contribution in [3.63, 3.8) is 0 Å². The lowest BCUT2D eigenvalue weighted by molar-refractivity contribution is -0.114. The largest absolute Gasteiger partial charge is 0.340 e. The average molecular weight is 389 g/mol. The van der Waals surface area contributed by atoms with Gasteiger partial charge >= 0.3 is 0 Å². The Hall–Kier alpha value is -2.68. The van der Waals surface area contributed by atoms with Crippen LogP contribution >= 0.6 is 0 Å². The van der Waals surface area contributed by atoms with Gasteiger partial charge in [0.2, 0.25) is 11.9 Å². The molecule has 2 N–H and O–H groups in total. The fraction of sp³-hybridized carbons (Fsp3) is 0.389. The van der Waals surface area contributed by atoms with Gasteiger partial charge in [-0.05, 0) is 37.6 Å². The van der Waals surface area contributed by atoms with Crippen molar-refractivity contribution in [1.82, 2.24) is 9.97 Å². The summed E-state index contributed by atoms with van der Waals surface area (Å²) < 4.78 is 23.5. The molecule has 2 heterocycles. The lowest BCUT2D eigenvalue weighted by Gasteiger charge is -2.24. The van der Waals surface area contributed by atoms with Crippen LogP contribution in [-0.4, -0.2) is 48.9 Å². The molecular weight excluding hydrogens is 366 g/mol. The van der Waals surface area contributed by atoms with Crippen molar-refractivity contribution in [2.24, 2.45) is 0 Å². The van der Waals surface area contributed by atoms with Crippen LogP contribution < -0.4 is 15.5 Å². The van der Waals surface area contributed by atoms with Crippen molar-refractivity contribution >= 4 is 38.9 Å². The van der Waals surface area contributed by atoms with E-state index in [9.17, 15) is 13.2 Å². The summed E-state index contributed by atoms with van der Waals surface area (Å²) in [6, 6.07) is 9.00. The molecule has 27 heavy (non-hydrogen) atoms. The van der Waals surface area contributed by atoms with Gasteiger partial charge in [-0.1, -0.05) is 0 Å². The van der Waals surface area contributed by atoms with Gasteiger partial charge in [0.15, 0.2) is 9.84 Å². The number of hydrogen-bond acceptors (Lipinski definition) is 7. The fourth-order valence-corrected chi connectivity index (χ4v) is 4.78. The van der Waals surface area contributed by atoms with Gasteiger partial charge in [0, 0.05) is 43.1 Å². The first-order valence-electron chi connectivity index (χ1n) is 8.65. The van der Waals surface area contributed by atoms with Crippen molar-refractivity contribution in [2.75, 3.05) is 34.1 Å². The van der Waals surface area contributed by atoms with Crippen LogP contribution in [0.4, 0.5) is 23.1 Å². The molecule has 0 saturated carbocycles. The van der Waals surface area contributed by atoms with Crippen LogP contribution in [0.1, 0.15) is 19.0 Å². The summed E-state index contributed by atoms with van der Waals surface area (Å²) in [6.45, 7) is 3.33. The predicted octanol–water partition coefficient (Wildman–Crippen LogP) is 2.11. The SMILES string of the molecule is CC(=O)Nc1ccc(Nc2cc(C)nc(N(C)C3CCS(=O)(=O)C3)n2)cc1. The zero-order chi connectivity index (χ0) is 19.6. The van der Waals surface area contributed by atoms with E-state index >= 15 is 0 Å². The number of carbonyl (C=O) groups is 1. The Labute approximate surface area is 158 Å². The van der Waals surface area contributed by atoms with Gasteiger partial charge in [0.05, 0.1) is 11.5 Å². The van der Waals surface area contributed by atoms with E-state index in [1.807, 2.05) is 37.1 Å². The van der Waals surface area contributed by atoms with Crippen molar-refractivity contribution < 1.29 is 13.2 Å². The Balaban J connectivity index is 1.76. The molecule has 8 nitrogen and oxygen atoms in total. The monoisotopic (exact) mass is 389 g/mol. The van der Waals surface area contributed by atoms with Crippen LogP contribution in [-0.2, 0) is 14.6 Å². The molecule has 1 amide bonds. The Kier molecular flexibility index (Phi) is 5.31. The van der Waals surface area contributed by atoms with E-state index in [4.69, 9.17) is 0 Å². The lowest BCUT2D eigenvalue weighted by atomic mass is 10.2. The number of anilines is 4. The van der Waals surface area contributed by atoms with Gasteiger partial charge in [-0.25, -0.2) is 13.4 Å². The normalized spacial score (nSPS) is 18.1. The molecule has 0 spiro atoms. The number of amides is 1. The predicted molar refractivity (Wildman–Crippen MR) is 106 cm³/mol. The highest BCUT2D eigenvalue weighted by atomic mass is 32.2. The molecule has 1 aromatic carbocycles. The van der Waals surface area contributed by atoms with Crippen LogP contribution in [0.2, 0.25) is 0 Å². The molecule has 144 valence electrons. The summed E-state index contributed by atoms with van der Waals surface area (Å²) in [6.07, 6.45) is 0.587. The maximum absolute atomic E-state index is 11.7. The summed E-state index contributed by atoms with van der Waals surface area (Å²) >= 11 is 0. The first kappa shape index (κ1) is 19.1. The summed E-state index contributed by atoms with van der Waals surface area (Å²) in [5.74, 6) is 1.34. The highest BCUT2D eigenvalue weighted by Crippen LogP contribution is 2.23. The highest BCUT2D eigenvalue weighted by Gasteiger charge is 2.31. The zero-order valence-electron chi connectivity index (χ0n) is 15.6. The topological polar surface area (TPSA) is 104 Å². The molecule has 1 unspecified atom stereocenters. The second-order valence-corrected chi connectivity index (χ2v) is 8.97. The Morgan fingerprint density at radius 3 is 2.44 bits per heavy atom. The maximum Gasteiger partial charge on any atom is 0.227 e. The Bertz CT molecular complexity index is 944. The van der Waals surface area contributed by atoms with E-state index < -0.39 is 9.84 Å². The zero-order valence-corrected chi connectivity index (χ0v) is 16.4. The average Bonchev–Trinajstić information content (AvgIpc) is 2.95. The molecule has 1 fully saturated rings. The van der Waals surface area contributed by atoms with E-state index in [0.29, 0.717) is 18.2 Å². The van der Waals surface area contributed by atoms with E-state index in [2.05, 4.69) is 20.6 Å². The Morgan fingerprint density at radius 2 is 1.85 bits per heavy atom. The van der Waals surface area contributed by atoms with Gasteiger partial charge in [-0.3, -0.25) is 4.79 Å². The van der Waals surface area contributed by atoms with Crippen molar-refractivity contribution in [2.45, 2.75) is 26.3 Å². The van der Waals surface area contributed by atoms with Gasteiger partial charge in [0.25, 0.3) is 0 Å². The summed E-state index contributed by atoms with van der Waals surface area (Å²) in [5, 5.41) is 5.94. The molecule has 1 aliphatic heterocycles. The van der Waals surface area contributed by atoms with E-state index in [-0.39, 0.29) is 23.5 Å². The molecule has 9 heteroatoms. The van der Waals surface area contributed by atoms with Gasteiger partial charge in [-0.2, -0.15) is 4.98 Å². The summed E-state index contributed by atoms with van der Waals surface area (Å²) in [5.41, 5.74) is 2.32. The molecule has 0 bridgehead atoms. The van der Waals surface area contributed by atoms with Crippen LogP contribution in [0.5, 0.6) is 0 Å². The minimum Gasteiger partial charge on any atom is -0.340 e. The number of aromatic nitrogens is 2. The number of nitrogens with zero attached hydrogens (tertiary/aromatic N) is 3. The third-order valence-corrected chi connectivity index (χ3v) is 6.14. The number of rotatable bonds is 5. The van der Waals surface area contributed by atoms with Crippen LogP contribution in [0.25, 0.3) is 0 Å². The van der Waals surface area contributed by atoms with E-state index in [1.54, 1.807) is 12.1 Å². The minimum absolute atomic E-state index is 0.110. The quantitative estimate of drug-likeness (QED) is 0.807. The van der Waals surface area contributed by atoms with Crippen LogP contribution in [0.15, 0.2) is 30.3 Å². The molecule has 1 aliphatic rings. The number of hydrogen-bond donors (Lipinski definition) is 2. The first-order valence-corrected chi connectivity index (χ1v) is 10.5. The fourth-order valence-electron chi connectivity index (χ4n) is 3.01. The number of carbonyl (C=O) groups excluding carboxylic acids is 1. The van der Waals surface area contributed by atoms with Crippen molar-refractivity contribution in [3.8, 4) is 0 Å². The van der Waals surface area contributed by atoms with Crippen molar-refractivity contribution in [3.05, 3.63) is 36.0 Å². The molecule has 3 rings (SSSR count). The molecule has 0 radical (unpaired) electrons. The van der Waals surface area contributed by atoms with E-state index in [1.165, 1.54) is 6.92 Å². The van der Waals surface area contributed by atoms with Crippen molar-refractivity contribution in [1.29, 1.82) is 0 Å². The summed E-state index contributed by atoms with van der Waals surface area (Å²) in [4.78, 5) is 21.9. The molecule has 0 aliphatic carbocycles. The van der Waals surface area contributed by atoms with E-state index in [0.717, 1.165) is 17.1 Å². The maximum atomic E-state index is 11.7. The van der Waals surface area contributed by atoms with Gasteiger partial charge in [-0.15, -0.1) is 0 Å². The standard InChI is InChI=1S/C18H23N5O3S/c1-12-10-17(21-15-6-4-14(5-7-15)20-13(2)24)22-18(19-12)23(3)16-8-9-27(25,26)11-16/h4-7,10,16H,8-9,11H2,1-3H3,(H,20,24)(H,19,21,22). The molecule has 2 aromatic rings. The summed E-state index contributed by atoms with van der Waals surface area (Å²) in [7, 11) is -1.15. The molecule has 1 saturated heterocycles. The number of sulfone groups is 1. The highest BCUT2D eigenvalue weighted by molar-refractivity contribution is 7.91. The number of benzene rings is 1. The third kappa shape index (κ3) is 4.94. The molecular formula is C18H23N5O3S. The van der Waals surface area contributed by atoms with Crippen LogP contribution in [0.3, 0.4) is 0 Å².